The highest BCUT2D eigenvalue weighted by Gasteiger charge is 2.30. The van der Waals surface area contributed by atoms with Crippen LogP contribution in [0.15, 0.2) is 53.9 Å². The molecule has 0 saturated heterocycles. The van der Waals surface area contributed by atoms with Crippen LogP contribution in [0.3, 0.4) is 0 Å². The Kier molecular flexibility index (Phi) is 4.09. The predicted octanol–water partition coefficient (Wildman–Crippen LogP) is 5.00. The predicted molar refractivity (Wildman–Crippen MR) is 86.2 cm³/mol. The number of halogens is 3. The number of nitrogens with zero attached hydrogens (tertiary/aromatic N) is 1. The minimum absolute atomic E-state index is 0.448. The number of thiazole rings is 1. The maximum Gasteiger partial charge on any atom is 0.416 e. The summed E-state index contributed by atoms with van der Waals surface area (Å²) in [5.74, 6) is 0. The Bertz CT molecular complexity index is 807. The number of nitrogens with two attached hydrogens (primary N) is 1. The molecule has 0 radical (unpaired) electrons. The van der Waals surface area contributed by atoms with Gasteiger partial charge in [-0.25, -0.2) is 4.98 Å². The molecule has 2 nitrogen and oxygen atoms in total. The van der Waals surface area contributed by atoms with Crippen molar-refractivity contribution >= 4 is 16.5 Å². The Balaban J connectivity index is 1.79. The monoisotopic (exact) mass is 334 g/mol. The second-order valence-corrected chi connectivity index (χ2v) is 6.03. The molecule has 23 heavy (non-hydrogen) atoms. The summed E-state index contributed by atoms with van der Waals surface area (Å²) in [5, 5.41) is 2.38. The average molecular weight is 334 g/mol. The van der Waals surface area contributed by atoms with Crippen molar-refractivity contribution in [1.82, 2.24) is 4.98 Å². The van der Waals surface area contributed by atoms with Crippen molar-refractivity contribution < 1.29 is 13.2 Å². The Hall–Kier alpha value is -2.34. The quantitative estimate of drug-likeness (QED) is 0.732. The molecule has 0 atom stereocenters. The highest BCUT2D eigenvalue weighted by molar-refractivity contribution is 7.13. The highest BCUT2D eigenvalue weighted by Crippen LogP contribution is 2.30. The summed E-state index contributed by atoms with van der Waals surface area (Å²) in [6, 6.07) is 13.0. The standard InChI is InChI=1S/C17H13F3N2S/c18-17(19,20)14-3-1-2-12(9-14)8-11-4-6-13(7-5-11)15-10-23-16(21)22-15/h1-7,9-10H,8H2,(H2,21,22). The van der Waals surface area contributed by atoms with Crippen LogP contribution >= 0.6 is 11.3 Å². The van der Waals surface area contributed by atoms with E-state index in [-0.39, 0.29) is 0 Å². The normalized spacial score (nSPS) is 11.6. The molecule has 0 saturated carbocycles. The van der Waals surface area contributed by atoms with E-state index >= 15 is 0 Å². The fourth-order valence-electron chi connectivity index (χ4n) is 2.31. The fraction of sp³-hybridized carbons (Fsp3) is 0.118. The van der Waals surface area contributed by atoms with Gasteiger partial charge in [0.2, 0.25) is 0 Å². The van der Waals surface area contributed by atoms with Crippen LogP contribution in [0.4, 0.5) is 18.3 Å². The highest BCUT2D eigenvalue weighted by atomic mass is 32.1. The third kappa shape index (κ3) is 3.71. The number of benzene rings is 2. The summed E-state index contributed by atoms with van der Waals surface area (Å²) in [7, 11) is 0. The SMILES string of the molecule is Nc1nc(-c2ccc(Cc3cccc(C(F)(F)F)c3)cc2)cs1. The van der Waals surface area contributed by atoms with E-state index in [0.717, 1.165) is 22.9 Å². The second kappa shape index (κ2) is 6.04. The first-order chi connectivity index (χ1) is 10.9. The zero-order chi connectivity index (χ0) is 16.4. The van der Waals surface area contributed by atoms with E-state index < -0.39 is 11.7 Å². The molecule has 2 aromatic carbocycles. The third-order valence-corrected chi connectivity index (χ3v) is 4.11. The molecule has 0 unspecified atom stereocenters. The molecular formula is C17H13F3N2S. The topological polar surface area (TPSA) is 38.9 Å². The molecule has 2 N–H and O–H groups in total. The molecule has 118 valence electrons. The van der Waals surface area contributed by atoms with Crippen LogP contribution in [0, 0.1) is 0 Å². The molecule has 0 aliphatic carbocycles. The minimum atomic E-state index is -4.32. The molecule has 0 aliphatic rings. The number of hydrogen-bond acceptors (Lipinski definition) is 3. The third-order valence-electron chi connectivity index (χ3n) is 3.43. The van der Waals surface area contributed by atoms with Gasteiger partial charge < -0.3 is 5.73 Å². The van der Waals surface area contributed by atoms with Gasteiger partial charge in [-0.05, 0) is 23.6 Å². The zero-order valence-corrected chi connectivity index (χ0v) is 12.8. The molecule has 1 heterocycles. The molecule has 0 spiro atoms. The minimum Gasteiger partial charge on any atom is -0.375 e. The lowest BCUT2D eigenvalue weighted by molar-refractivity contribution is -0.137. The summed E-state index contributed by atoms with van der Waals surface area (Å²) in [6.45, 7) is 0. The van der Waals surface area contributed by atoms with E-state index in [1.54, 1.807) is 6.07 Å². The van der Waals surface area contributed by atoms with E-state index in [4.69, 9.17) is 5.73 Å². The first-order valence-electron chi connectivity index (χ1n) is 6.88. The second-order valence-electron chi connectivity index (χ2n) is 5.14. The lowest BCUT2D eigenvalue weighted by atomic mass is 10.0. The molecule has 0 fully saturated rings. The van der Waals surface area contributed by atoms with Gasteiger partial charge in [0.15, 0.2) is 5.13 Å². The summed E-state index contributed by atoms with van der Waals surface area (Å²) >= 11 is 1.37. The van der Waals surface area contributed by atoms with Crippen molar-refractivity contribution in [2.24, 2.45) is 0 Å². The van der Waals surface area contributed by atoms with Crippen molar-refractivity contribution in [3.8, 4) is 11.3 Å². The van der Waals surface area contributed by atoms with Crippen LogP contribution in [0.2, 0.25) is 0 Å². The van der Waals surface area contributed by atoms with Gasteiger partial charge in [0.25, 0.3) is 0 Å². The van der Waals surface area contributed by atoms with Crippen molar-refractivity contribution in [3.05, 3.63) is 70.6 Å². The first-order valence-corrected chi connectivity index (χ1v) is 7.76. The van der Waals surface area contributed by atoms with Gasteiger partial charge >= 0.3 is 6.18 Å². The van der Waals surface area contributed by atoms with E-state index in [9.17, 15) is 13.2 Å². The van der Waals surface area contributed by atoms with Crippen molar-refractivity contribution in [3.63, 3.8) is 0 Å². The number of anilines is 1. The molecule has 6 heteroatoms. The van der Waals surface area contributed by atoms with Gasteiger partial charge in [-0.1, -0.05) is 42.5 Å². The average Bonchev–Trinajstić information content (AvgIpc) is 2.94. The van der Waals surface area contributed by atoms with E-state index in [1.165, 1.54) is 23.5 Å². The molecule has 1 aromatic heterocycles. The molecule has 3 aromatic rings. The number of hydrogen-bond donors (Lipinski definition) is 1. The van der Waals surface area contributed by atoms with Crippen molar-refractivity contribution in [1.29, 1.82) is 0 Å². The number of nitrogen functional groups attached to an aromatic ring is 1. The zero-order valence-electron chi connectivity index (χ0n) is 12.0. The van der Waals surface area contributed by atoms with Gasteiger partial charge in [0.1, 0.15) is 0 Å². The van der Waals surface area contributed by atoms with E-state index in [1.807, 2.05) is 29.6 Å². The van der Waals surface area contributed by atoms with Crippen LogP contribution in [0.25, 0.3) is 11.3 Å². The van der Waals surface area contributed by atoms with Crippen LogP contribution in [0.1, 0.15) is 16.7 Å². The van der Waals surface area contributed by atoms with Gasteiger partial charge in [-0.3, -0.25) is 0 Å². The Morgan fingerprint density at radius 2 is 1.74 bits per heavy atom. The Labute approximate surface area is 135 Å². The summed E-state index contributed by atoms with van der Waals surface area (Å²) in [6.07, 6.45) is -3.87. The van der Waals surface area contributed by atoms with Crippen LogP contribution < -0.4 is 5.73 Å². The molecule has 0 aliphatic heterocycles. The maximum absolute atomic E-state index is 12.7. The molecule has 0 amide bonds. The number of aromatic nitrogens is 1. The Morgan fingerprint density at radius 3 is 2.35 bits per heavy atom. The smallest absolute Gasteiger partial charge is 0.375 e. The lowest BCUT2D eigenvalue weighted by Gasteiger charge is -2.09. The van der Waals surface area contributed by atoms with Gasteiger partial charge in [-0.2, -0.15) is 13.2 Å². The van der Waals surface area contributed by atoms with Crippen molar-refractivity contribution in [2.45, 2.75) is 12.6 Å². The molecule has 3 rings (SSSR count). The molecule has 0 bridgehead atoms. The van der Waals surface area contributed by atoms with Crippen molar-refractivity contribution in [2.75, 3.05) is 5.73 Å². The number of alkyl halides is 3. The largest absolute Gasteiger partial charge is 0.416 e. The van der Waals surface area contributed by atoms with E-state index in [0.29, 0.717) is 17.1 Å². The lowest BCUT2D eigenvalue weighted by Crippen LogP contribution is -2.05. The Morgan fingerprint density at radius 1 is 1.00 bits per heavy atom. The van der Waals surface area contributed by atoms with Crippen LogP contribution in [-0.2, 0) is 12.6 Å². The number of rotatable bonds is 3. The summed E-state index contributed by atoms with van der Waals surface area (Å²) < 4.78 is 38.2. The van der Waals surface area contributed by atoms with Gasteiger partial charge in [0.05, 0.1) is 11.3 Å². The van der Waals surface area contributed by atoms with Gasteiger partial charge in [-0.15, -0.1) is 11.3 Å². The van der Waals surface area contributed by atoms with Gasteiger partial charge in [0, 0.05) is 10.9 Å². The van der Waals surface area contributed by atoms with E-state index in [2.05, 4.69) is 4.98 Å². The van der Waals surface area contributed by atoms with Crippen LogP contribution in [0.5, 0.6) is 0 Å². The summed E-state index contributed by atoms with van der Waals surface area (Å²) in [4.78, 5) is 4.20. The summed E-state index contributed by atoms with van der Waals surface area (Å²) in [5.41, 5.74) is 8.30. The maximum atomic E-state index is 12.7. The fourth-order valence-corrected chi connectivity index (χ4v) is 2.88. The molecular weight excluding hydrogens is 321 g/mol. The first kappa shape index (κ1) is 15.6. The van der Waals surface area contributed by atoms with Crippen LogP contribution in [-0.4, -0.2) is 4.98 Å².